The quantitative estimate of drug-likeness (QED) is 0.335. The lowest BCUT2D eigenvalue weighted by atomic mass is 9.99. The Hall–Kier alpha value is -2.72. The van der Waals surface area contributed by atoms with Gasteiger partial charge in [-0.1, -0.05) is 0 Å². The topological polar surface area (TPSA) is 112 Å². The Morgan fingerprint density at radius 2 is 1.81 bits per heavy atom. The minimum Gasteiger partial charge on any atom is -0.371 e. The summed E-state index contributed by atoms with van der Waals surface area (Å²) in [5, 5.41) is 2.96. The molecule has 36 heavy (non-hydrogen) atoms. The van der Waals surface area contributed by atoms with Gasteiger partial charge in [0.25, 0.3) is 0 Å². The Morgan fingerprint density at radius 1 is 1.17 bits per heavy atom. The molecule has 2 unspecified atom stereocenters. The standard InChI is InChI=1S/C20H27F6N7O3/c1-12(36-14-11-30-31-17(35)16(14)20(24,25)26)8-27-3-2-15(34)32-4-6-33(7-5-32)18-28-9-13(10-29-18)19(21,22)23/h9-10,12,14,16,27,30H,2-8,11H2,1H3,(H,31,35)/t12-,14?,16?/m0/s1. The predicted octanol–water partition coefficient (Wildman–Crippen LogP) is 0.710. The number of carbonyl (C=O) groups is 2. The molecule has 0 aliphatic carbocycles. The molecule has 2 amide bonds. The molecule has 0 bridgehead atoms. The third-order valence-electron chi connectivity index (χ3n) is 5.76. The number of rotatable bonds is 8. The minimum atomic E-state index is -4.74. The Balaban J connectivity index is 1.36. The fourth-order valence-corrected chi connectivity index (χ4v) is 3.88. The largest absolute Gasteiger partial charge is 0.419 e. The van der Waals surface area contributed by atoms with Crippen LogP contribution in [0.3, 0.4) is 0 Å². The summed E-state index contributed by atoms with van der Waals surface area (Å²) < 4.78 is 82.9. The number of anilines is 1. The van der Waals surface area contributed by atoms with Crippen LogP contribution in [0.25, 0.3) is 0 Å². The number of nitrogens with one attached hydrogen (secondary N) is 3. The smallest absolute Gasteiger partial charge is 0.371 e. The molecule has 202 valence electrons. The summed E-state index contributed by atoms with van der Waals surface area (Å²) in [7, 11) is 0. The zero-order chi connectivity index (χ0) is 26.5. The first-order chi connectivity index (χ1) is 16.9. The molecule has 0 aromatic carbocycles. The van der Waals surface area contributed by atoms with Crippen LogP contribution in [0, 0.1) is 5.92 Å². The Bertz CT molecular complexity index is 891. The van der Waals surface area contributed by atoms with E-state index in [0.717, 1.165) is 12.4 Å². The van der Waals surface area contributed by atoms with Crippen LogP contribution in [0.2, 0.25) is 0 Å². The van der Waals surface area contributed by atoms with Gasteiger partial charge in [-0.2, -0.15) is 26.3 Å². The lowest BCUT2D eigenvalue weighted by Crippen LogP contribution is -2.61. The van der Waals surface area contributed by atoms with Crippen molar-refractivity contribution < 1.29 is 40.7 Å². The van der Waals surface area contributed by atoms with Crippen LogP contribution in [-0.2, 0) is 20.5 Å². The molecule has 2 aliphatic rings. The van der Waals surface area contributed by atoms with Crippen molar-refractivity contribution in [1.29, 1.82) is 0 Å². The normalized spacial score (nSPS) is 22.4. The first-order valence-corrected chi connectivity index (χ1v) is 11.2. The van der Waals surface area contributed by atoms with E-state index >= 15 is 0 Å². The number of alkyl halides is 6. The SMILES string of the molecule is C[C@@H](CNCCC(=O)N1CCN(c2ncc(C(F)(F)F)cn2)CC1)OC1CNNC(=O)C1C(F)(F)F. The van der Waals surface area contributed by atoms with Gasteiger partial charge >= 0.3 is 12.4 Å². The van der Waals surface area contributed by atoms with E-state index in [1.54, 1.807) is 16.7 Å². The second-order valence-electron chi connectivity index (χ2n) is 8.47. The Labute approximate surface area is 202 Å². The average Bonchev–Trinajstić information content (AvgIpc) is 2.80. The maximum Gasteiger partial charge on any atom is 0.419 e. The molecule has 3 heterocycles. The Kier molecular flexibility index (Phi) is 8.94. The van der Waals surface area contributed by atoms with Crippen molar-refractivity contribution in [3.63, 3.8) is 0 Å². The molecule has 0 saturated carbocycles. The van der Waals surface area contributed by atoms with Gasteiger partial charge < -0.3 is 19.9 Å². The molecule has 0 radical (unpaired) electrons. The second kappa shape index (κ2) is 11.6. The number of piperazine rings is 1. The molecule has 0 spiro atoms. The maximum absolute atomic E-state index is 13.2. The lowest BCUT2D eigenvalue weighted by Gasteiger charge is -2.35. The zero-order valence-corrected chi connectivity index (χ0v) is 19.3. The van der Waals surface area contributed by atoms with Crippen LogP contribution in [-0.4, -0.2) is 90.9 Å². The van der Waals surface area contributed by atoms with Crippen molar-refractivity contribution in [2.45, 2.75) is 37.9 Å². The van der Waals surface area contributed by atoms with E-state index in [0.29, 0.717) is 26.2 Å². The molecule has 3 atom stereocenters. The number of amides is 2. The van der Waals surface area contributed by atoms with Crippen LogP contribution in [0.4, 0.5) is 32.3 Å². The molecule has 3 N–H and O–H groups in total. The van der Waals surface area contributed by atoms with Gasteiger partial charge in [-0.25, -0.2) is 15.4 Å². The van der Waals surface area contributed by atoms with Gasteiger partial charge in [-0.3, -0.25) is 15.0 Å². The summed E-state index contributed by atoms with van der Waals surface area (Å²) in [4.78, 5) is 34.9. The number of aromatic nitrogens is 2. The van der Waals surface area contributed by atoms with E-state index in [9.17, 15) is 35.9 Å². The second-order valence-corrected chi connectivity index (χ2v) is 8.47. The van der Waals surface area contributed by atoms with Crippen molar-refractivity contribution in [2.24, 2.45) is 5.92 Å². The van der Waals surface area contributed by atoms with Crippen molar-refractivity contribution in [3.8, 4) is 0 Å². The fraction of sp³-hybridized carbons (Fsp3) is 0.700. The van der Waals surface area contributed by atoms with Gasteiger partial charge in [-0.15, -0.1) is 0 Å². The van der Waals surface area contributed by atoms with Crippen LogP contribution in [0.15, 0.2) is 12.4 Å². The van der Waals surface area contributed by atoms with Crippen LogP contribution >= 0.6 is 0 Å². The summed E-state index contributed by atoms with van der Waals surface area (Å²) in [6.07, 6.45) is -9.69. The summed E-state index contributed by atoms with van der Waals surface area (Å²) in [5.41, 5.74) is 3.40. The monoisotopic (exact) mass is 527 g/mol. The van der Waals surface area contributed by atoms with Crippen molar-refractivity contribution >= 4 is 17.8 Å². The molecule has 3 rings (SSSR count). The highest BCUT2D eigenvalue weighted by molar-refractivity contribution is 5.80. The number of hydrogen-bond acceptors (Lipinski definition) is 8. The average molecular weight is 527 g/mol. The number of hydrazine groups is 1. The van der Waals surface area contributed by atoms with Crippen molar-refractivity contribution in [3.05, 3.63) is 18.0 Å². The first kappa shape index (κ1) is 27.9. The van der Waals surface area contributed by atoms with Crippen LogP contribution in [0.5, 0.6) is 0 Å². The van der Waals surface area contributed by atoms with E-state index in [-0.39, 0.29) is 37.9 Å². The van der Waals surface area contributed by atoms with Crippen molar-refractivity contribution in [1.82, 2.24) is 31.0 Å². The molecule has 16 heteroatoms. The number of hydrogen-bond donors (Lipinski definition) is 3. The molecule has 2 aliphatic heterocycles. The van der Waals surface area contributed by atoms with Gasteiger partial charge in [0.15, 0.2) is 5.92 Å². The van der Waals surface area contributed by atoms with Gasteiger partial charge in [0.2, 0.25) is 17.8 Å². The van der Waals surface area contributed by atoms with Gasteiger partial charge in [0, 0.05) is 64.6 Å². The number of ether oxygens (including phenoxy) is 1. The number of carbonyl (C=O) groups excluding carboxylic acids is 2. The highest BCUT2D eigenvalue weighted by Crippen LogP contribution is 2.32. The van der Waals surface area contributed by atoms with Gasteiger partial charge in [-0.05, 0) is 6.92 Å². The van der Waals surface area contributed by atoms with Gasteiger partial charge in [0.05, 0.1) is 17.8 Å². The zero-order valence-electron chi connectivity index (χ0n) is 19.3. The lowest BCUT2D eigenvalue weighted by molar-refractivity contribution is -0.217. The maximum atomic E-state index is 13.2. The Morgan fingerprint density at radius 3 is 2.39 bits per heavy atom. The van der Waals surface area contributed by atoms with Crippen LogP contribution in [0.1, 0.15) is 18.9 Å². The van der Waals surface area contributed by atoms with E-state index < -0.39 is 41.9 Å². The number of halogens is 6. The van der Waals surface area contributed by atoms with E-state index in [1.807, 2.05) is 5.43 Å². The van der Waals surface area contributed by atoms with E-state index in [1.165, 1.54) is 0 Å². The summed E-state index contributed by atoms with van der Waals surface area (Å²) in [6, 6.07) is 0. The molecule has 1 aromatic rings. The highest BCUT2D eigenvalue weighted by Gasteiger charge is 2.52. The van der Waals surface area contributed by atoms with E-state index in [2.05, 4.69) is 20.7 Å². The van der Waals surface area contributed by atoms with Crippen molar-refractivity contribution in [2.75, 3.05) is 50.7 Å². The molecule has 1 aromatic heterocycles. The summed E-state index contributed by atoms with van der Waals surface area (Å²) in [5.74, 6) is -3.46. The molecule has 10 nitrogen and oxygen atoms in total. The van der Waals surface area contributed by atoms with E-state index in [4.69, 9.17) is 4.74 Å². The molecule has 2 fully saturated rings. The third kappa shape index (κ3) is 7.39. The van der Waals surface area contributed by atoms with Crippen LogP contribution < -0.4 is 21.1 Å². The predicted molar refractivity (Wildman–Crippen MR) is 113 cm³/mol. The van der Waals surface area contributed by atoms with Gasteiger partial charge in [0.1, 0.15) is 0 Å². The highest BCUT2D eigenvalue weighted by atomic mass is 19.4. The molecular formula is C20H27F6N7O3. The summed E-state index contributed by atoms with van der Waals surface area (Å²) in [6.45, 7) is 3.23. The minimum absolute atomic E-state index is 0.141. The third-order valence-corrected chi connectivity index (χ3v) is 5.76. The molecular weight excluding hydrogens is 500 g/mol. The first-order valence-electron chi connectivity index (χ1n) is 11.2. The molecule has 2 saturated heterocycles. The number of nitrogens with zero attached hydrogens (tertiary/aromatic N) is 4. The fourth-order valence-electron chi connectivity index (χ4n) is 3.88. The summed E-state index contributed by atoms with van der Waals surface area (Å²) >= 11 is 0.